The molecule has 0 spiro atoms. The molecule has 3 heterocycles. The molecular formula is C10H15NO. The molecule has 12 heavy (non-hydrogen) atoms. The van der Waals surface area contributed by atoms with Gasteiger partial charge < -0.3 is 5.11 Å². The molecule has 0 aliphatic carbocycles. The minimum absolute atomic E-state index is 0.299. The average Bonchev–Trinajstić information content (AvgIpc) is 2.18. The maximum atomic E-state index is 9.08. The molecule has 4 unspecified atom stereocenters. The van der Waals surface area contributed by atoms with E-state index >= 15 is 0 Å². The first-order valence-corrected chi connectivity index (χ1v) is 4.66. The first-order chi connectivity index (χ1) is 5.85. The van der Waals surface area contributed by atoms with Crippen molar-refractivity contribution in [2.75, 3.05) is 19.7 Å². The molecule has 0 aromatic rings. The van der Waals surface area contributed by atoms with Crippen LogP contribution in [-0.2, 0) is 0 Å². The van der Waals surface area contributed by atoms with E-state index in [2.05, 4.69) is 10.8 Å². The molecule has 1 N–H and O–H groups in total. The lowest BCUT2D eigenvalue weighted by Crippen LogP contribution is -2.54. The Kier molecular flexibility index (Phi) is 2.08. The van der Waals surface area contributed by atoms with E-state index < -0.39 is 0 Å². The lowest BCUT2D eigenvalue weighted by Gasteiger charge is -2.47. The van der Waals surface area contributed by atoms with Crippen LogP contribution < -0.4 is 0 Å². The number of piperidine rings is 3. The van der Waals surface area contributed by atoms with Crippen molar-refractivity contribution in [2.24, 2.45) is 11.8 Å². The molecule has 0 amide bonds. The molecule has 3 rings (SSSR count). The number of terminal acetylenes is 1. The molecule has 2 bridgehead atoms. The van der Waals surface area contributed by atoms with Crippen molar-refractivity contribution in [1.82, 2.24) is 4.90 Å². The van der Waals surface area contributed by atoms with Gasteiger partial charge in [0.05, 0.1) is 6.61 Å². The summed E-state index contributed by atoms with van der Waals surface area (Å²) in [5.41, 5.74) is 0. The van der Waals surface area contributed by atoms with E-state index in [1.807, 2.05) is 0 Å². The van der Waals surface area contributed by atoms with E-state index in [1.165, 1.54) is 6.42 Å². The Bertz CT molecular complexity index is 208. The highest BCUT2D eigenvalue weighted by molar-refractivity contribution is 5.05. The fraction of sp³-hybridized carbons (Fsp3) is 0.800. The summed E-state index contributed by atoms with van der Waals surface area (Å²) in [5, 5.41) is 9.08. The van der Waals surface area contributed by atoms with Gasteiger partial charge in [0.1, 0.15) is 0 Å². The standard InChI is InChI=1S/C10H15NO/c1-2-8-6-11-4-3-9(8)5-10(11)7-12/h1,8-10,12H,3-7H2. The second-order valence-electron chi connectivity index (χ2n) is 3.89. The first-order valence-electron chi connectivity index (χ1n) is 4.66. The second kappa shape index (κ2) is 3.08. The Labute approximate surface area is 73.6 Å². The summed E-state index contributed by atoms with van der Waals surface area (Å²) >= 11 is 0. The molecule has 4 atom stereocenters. The van der Waals surface area contributed by atoms with Crippen molar-refractivity contribution in [1.29, 1.82) is 0 Å². The monoisotopic (exact) mass is 165 g/mol. The van der Waals surface area contributed by atoms with Crippen LogP contribution in [0.15, 0.2) is 0 Å². The van der Waals surface area contributed by atoms with Crippen LogP contribution in [-0.4, -0.2) is 35.7 Å². The Morgan fingerprint density at radius 2 is 2.42 bits per heavy atom. The van der Waals surface area contributed by atoms with Crippen LogP contribution in [0.5, 0.6) is 0 Å². The van der Waals surface area contributed by atoms with Crippen molar-refractivity contribution >= 4 is 0 Å². The molecule has 3 aliphatic rings. The summed E-state index contributed by atoms with van der Waals surface area (Å²) in [4.78, 5) is 2.34. The maximum Gasteiger partial charge on any atom is 0.0586 e. The number of hydrogen-bond acceptors (Lipinski definition) is 2. The molecular weight excluding hydrogens is 150 g/mol. The van der Waals surface area contributed by atoms with Crippen LogP contribution in [0, 0.1) is 24.2 Å². The summed E-state index contributed by atoms with van der Waals surface area (Å²) in [7, 11) is 0. The van der Waals surface area contributed by atoms with Gasteiger partial charge in [-0.2, -0.15) is 0 Å². The lowest BCUT2D eigenvalue weighted by atomic mass is 9.76. The van der Waals surface area contributed by atoms with Crippen molar-refractivity contribution in [3.63, 3.8) is 0 Å². The fourth-order valence-corrected chi connectivity index (χ4v) is 2.52. The van der Waals surface area contributed by atoms with Gasteiger partial charge in [-0.05, 0) is 25.3 Å². The third-order valence-corrected chi connectivity index (χ3v) is 3.30. The van der Waals surface area contributed by atoms with Crippen LogP contribution in [0.3, 0.4) is 0 Å². The molecule has 2 nitrogen and oxygen atoms in total. The molecule has 3 saturated heterocycles. The smallest absolute Gasteiger partial charge is 0.0586 e. The molecule has 66 valence electrons. The van der Waals surface area contributed by atoms with Gasteiger partial charge in [0.15, 0.2) is 0 Å². The molecule has 0 radical (unpaired) electrons. The number of aliphatic hydroxyl groups excluding tert-OH is 1. The Morgan fingerprint density at radius 1 is 1.58 bits per heavy atom. The van der Waals surface area contributed by atoms with Gasteiger partial charge in [0.2, 0.25) is 0 Å². The Morgan fingerprint density at radius 3 is 2.92 bits per heavy atom. The van der Waals surface area contributed by atoms with E-state index in [-0.39, 0.29) is 0 Å². The van der Waals surface area contributed by atoms with Crippen molar-refractivity contribution in [3.8, 4) is 12.3 Å². The number of aliphatic hydroxyl groups is 1. The van der Waals surface area contributed by atoms with Gasteiger partial charge in [-0.25, -0.2) is 0 Å². The lowest BCUT2D eigenvalue weighted by molar-refractivity contribution is -0.00366. The van der Waals surface area contributed by atoms with Gasteiger partial charge in [-0.15, -0.1) is 12.3 Å². The predicted octanol–water partition coefficient (Wildman–Crippen LogP) is 0.322. The van der Waals surface area contributed by atoms with Gasteiger partial charge >= 0.3 is 0 Å². The normalized spacial score (nSPS) is 45.7. The summed E-state index contributed by atoms with van der Waals surface area (Å²) in [6.07, 6.45) is 7.77. The quantitative estimate of drug-likeness (QED) is 0.566. The van der Waals surface area contributed by atoms with E-state index in [1.54, 1.807) is 0 Å². The van der Waals surface area contributed by atoms with E-state index in [9.17, 15) is 0 Å². The summed E-state index contributed by atoms with van der Waals surface area (Å²) in [5.74, 6) is 3.98. The first kappa shape index (κ1) is 8.10. The highest BCUT2D eigenvalue weighted by atomic mass is 16.3. The second-order valence-corrected chi connectivity index (χ2v) is 3.89. The average molecular weight is 165 g/mol. The van der Waals surface area contributed by atoms with Crippen molar-refractivity contribution in [2.45, 2.75) is 18.9 Å². The van der Waals surface area contributed by atoms with Gasteiger partial charge in [-0.1, -0.05) is 0 Å². The van der Waals surface area contributed by atoms with E-state index in [0.29, 0.717) is 24.5 Å². The zero-order chi connectivity index (χ0) is 8.55. The molecule has 0 aromatic heterocycles. The number of rotatable bonds is 1. The summed E-state index contributed by atoms with van der Waals surface area (Å²) in [6, 6.07) is 0.397. The fourth-order valence-electron chi connectivity index (χ4n) is 2.52. The molecule has 3 aliphatic heterocycles. The number of hydrogen-bond donors (Lipinski definition) is 1. The maximum absolute atomic E-state index is 9.08. The number of fused-ring (bicyclic) bond motifs is 3. The van der Waals surface area contributed by atoms with Gasteiger partial charge in [0, 0.05) is 18.5 Å². The van der Waals surface area contributed by atoms with Crippen LogP contribution >= 0.6 is 0 Å². The third-order valence-electron chi connectivity index (χ3n) is 3.30. The Hall–Kier alpha value is -0.520. The highest BCUT2D eigenvalue weighted by Gasteiger charge is 2.38. The van der Waals surface area contributed by atoms with E-state index in [4.69, 9.17) is 11.5 Å². The molecule has 2 heteroatoms. The Balaban J connectivity index is 2.07. The molecule has 0 saturated carbocycles. The topological polar surface area (TPSA) is 23.5 Å². The van der Waals surface area contributed by atoms with Gasteiger partial charge in [0.25, 0.3) is 0 Å². The largest absolute Gasteiger partial charge is 0.395 e. The van der Waals surface area contributed by atoms with Crippen LogP contribution in [0.1, 0.15) is 12.8 Å². The molecule has 0 aromatic carbocycles. The predicted molar refractivity (Wildman–Crippen MR) is 47.5 cm³/mol. The zero-order valence-electron chi connectivity index (χ0n) is 7.24. The molecule has 3 fully saturated rings. The summed E-state index contributed by atoms with van der Waals surface area (Å²) < 4.78 is 0. The van der Waals surface area contributed by atoms with E-state index in [0.717, 1.165) is 19.5 Å². The number of nitrogens with zero attached hydrogens (tertiary/aromatic N) is 1. The highest BCUT2D eigenvalue weighted by Crippen LogP contribution is 2.35. The SMILES string of the molecule is C#CC1CN2CCC1CC2CO. The van der Waals surface area contributed by atoms with Gasteiger partial charge in [-0.3, -0.25) is 4.90 Å². The zero-order valence-corrected chi connectivity index (χ0v) is 7.24. The van der Waals surface area contributed by atoms with Crippen molar-refractivity contribution < 1.29 is 5.11 Å². The minimum atomic E-state index is 0.299. The van der Waals surface area contributed by atoms with Crippen LogP contribution in [0.25, 0.3) is 0 Å². The van der Waals surface area contributed by atoms with Crippen LogP contribution in [0.4, 0.5) is 0 Å². The van der Waals surface area contributed by atoms with Crippen LogP contribution in [0.2, 0.25) is 0 Å². The third kappa shape index (κ3) is 1.14. The van der Waals surface area contributed by atoms with Crippen molar-refractivity contribution in [3.05, 3.63) is 0 Å². The minimum Gasteiger partial charge on any atom is -0.395 e. The summed E-state index contributed by atoms with van der Waals surface area (Å²) in [6.45, 7) is 2.44.